The Morgan fingerprint density at radius 3 is 2.58 bits per heavy atom. The van der Waals surface area contributed by atoms with Crippen LogP contribution in [-0.4, -0.2) is 19.5 Å². The molecule has 0 unspecified atom stereocenters. The van der Waals surface area contributed by atoms with Gasteiger partial charge in [0.05, 0.1) is 12.9 Å². The van der Waals surface area contributed by atoms with Crippen molar-refractivity contribution < 1.29 is 4.39 Å². The van der Waals surface area contributed by atoms with Crippen molar-refractivity contribution >= 4 is 34.4 Å². The number of rotatable bonds is 2. The van der Waals surface area contributed by atoms with Crippen LogP contribution in [0.4, 0.5) is 4.39 Å². The predicted octanol–water partition coefficient (Wildman–Crippen LogP) is 3.32. The van der Waals surface area contributed by atoms with Crippen molar-refractivity contribution in [1.29, 1.82) is 0 Å². The molecule has 3 rings (SSSR count). The van der Waals surface area contributed by atoms with Crippen LogP contribution >= 0.6 is 23.2 Å². The number of halogens is 3. The third-order valence-electron chi connectivity index (χ3n) is 2.66. The second-order valence-electron chi connectivity index (χ2n) is 3.95. The van der Waals surface area contributed by atoms with Gasteiger partial charge in [0.25, 0.3) is 0 Å². The zero-order chi connectivity index (χ0) is 13.4. The highest BCUT2D eigenvalue weighted by Gasteiger charge is 2.11. The van der Waals surface area contributed by atoms with E-state index < -0.39 is 0 Å². The van der Waals surface area contributed by atoms with Crippen LogP contribution in [0.15, 0.2) is 30.6 Å². The third kappa shape index (κ3) is 2.39. The van der Waals surface area contributed by atoms with Gasteiger partial charge in [-0.3, -0.25) is 0 Å². The molecule has 2 aromatic heterocycles. The molecule has 3 aromatic rings. The summed E-state index contributed by atoms with van der Waals surface area (Å²) < 4.78 is 14.6. The normalized spacial score (nSPS) is 11.1. The Balaban J connectivity index is 2.03. The molecule has 0 radical (unpaired) electrons. The fourth-order valence-corrected chi connectivity index (χ4v) is 2.21. The van der Waals surface area contributed by atoms with Gasteiger partial charge in [0, 0.05) is 0 Å². The number of hydrogen-bond acceptors (Lipinski definition) is 3. The summed E-state index contributed by atoms with van der Waals surface area (Å²) in [6.45, 7) is 0.500. The van der Waals surface area contributed by atoms with Gasteiger partial charge in [0.1, 0.15) is 11.3 Å². The molecule has 0 aliphatic heterocycles. The lowest BCUT2D eigenvalue weighted by Crippen LogP contribution is -2.00. The first-order valence-corrected chi connectivity index (χ1v) is 6.17. The molecule has 96 valence electrons. The van der Waals surface area contributed by atoms with Gasteiger partial charge in [-0.2, -0.15) is 4.98 Å². The van der Waals surface area contributed by atoms with Gasteiger partial charge in [-0.15, -0.1) is 0 Å². The molecular weight excluding hydrogens is 290 g/mol. The summed E-state index contributed by atoms with van der Waals surface area (Å²) in [4.78, 5) is 12.1. The summed E-state index contributed by atoms with van der Waals surface area (Å²) >= 11 is 11.7. The Morgan fingerprint density at radius 1 is 1.11 bits per heavy atom. The monoisotopic (exact) mass is 296 g/mol. The summed E-state index contributed by atoms with van der Waals surface area (Å²) in [5.74, 6) is -0.271. The molecular formula is C12H7Cl2FN4. The number of imidazole rings is 1. The van der Waals surface area contributed by atoms with Crippen molar-refractivity contribution in [2.24, 2.45) is 0 Å². The SMILES string of the molecule is Fc1ccc(Cn2cnc3c(Cl)nc(Cl)nc32)cc1. The van der Waals surface area contributed by atoms with Crippen molar-refractivity contribution in [3.63, 3.8) is 0 Å². The Labute approximate surface area is 117 Å². The zero-order valence-electron chi connectivity index (χ0n) is 9.52. The highest BCUT2D eigenvalue weighted by Crippen LogP contribution is 2.21. The number of nitrogens with zero attached hydrogens (tertiary/aromatic N) is 4. The molecule has 0 spiro atoms. The van der Waals surface area contributed by atoms with Gasteiger partial charge in [0.15, 0.2) is 10.8 Å². The average Bonchev–Trinajstić information content (AvgIpc) is 2.76. The average molecular weight is 297 g/mol. The van der Waals surface area contributed by atoms with Crippen LogP contribution in [-0.2, 0) is 6.54 Å². The smallest absolute Gasteiger partial charge is 0.225 e. The van der Waals surface area contributed by atoms with Gasteiger partial charge >= 0.3 is 0 Å². The zero-order valence-corrected chi connectivity index (χ0v) is 11.0. The molecule has 0 N–H and O–H groups in total. The van der Waals surface area contributed by atoms with Crippen LogP contribution in [0.1, 0.15) is 5.56 Å². The largest absolute Gasteiger partial charge is 0.311 e. The second-order valence-corrected chi connectivity index (χ2v) is 4.65. The van der Waals surface area contributed by atoms with Crippen molar-refractivity contribution in [1.82, 2.24) is 19.5 Å². The predicted molar refractivity (Wildman–Crippen MR) is 70.8 cm³/mol. The van der Waals surface area contributed by atoms with Crippen LogP contribution in [0.2, 0.25) is 10.4 Å². The van der Waals surface area contributed by atoms with Crippen molar-refractivity contribution in [3.8, 4) is 0 Å². The molecule has 7 heteroatoms. The van der Waals surface area contributed by atoms with Gasteiger partial charge < -0.3 is 4.57 Å². The summed E-state index contributed by atoms with van der Waals surface area (Å²) in [7, 11) is 0. The molecule has 0 bridgehead atoms. The molecule has 19 heavy (non-hydrogen) atoms. The van der Waals surface area contributed by atoms with E-state index in [2.05, 4.69) is 15.0 Å². The molecule has 1 aromatic carbocycles. The number of fused-ring (bicyclic) bond motifs is 1. The molecule has 0 fully saturated rings. The van der Waals surface area contributed by atoms with Gasteiger partial charge in [0.2, 0.25) is 5.28 Å². The first kappa shape index (κ1) is 12.3. The second kappa shape index (κ2) is 4.75. The first-order valence-electron chi connectivity index (χ1n) is 5.42. The van der Waals surface area contributed by atoms with Crippen molar-refractivity contribution in [2.45, 2.75) is 6.54 Å². The lowest BCUT2D eigenvalue weighted by molar-refractivity contribution is 0.626. The summed E-state index contributed by atoms with van der Waals surface area (Å²) in [6.07, 6.45) is 1.60. The van der Waals surface area contributed by atoms with E-state index in [1.54, 1.807) is 23.0 Å². The molecule has 0 aliphatic carbocycles. The van der Waals surface area contributed by atoms with E-state index in [1.165, 1.54) is 12.1 Å². The minimum absolute atomic E-state index is 0.0679. The van der Waals surface area contributed by atoms with E-state index in [-0.39, 0.29) is 16.3 Å². The quantitative estimate of drug-likeness (QED) is 0.538. The van der Waals surface area contributed by atoms with Crippen molar-refractivity contribution in [3.05, 3.63) is 52.4 Å². The maximum Gasteiger partial charge on any atom is 0.225 e. The van der Waals surface area contributed by atoms with Gasteiger partial charge in [-0.05, 0) is 29.3 Å². The maximum atomic E-state index is 12.8. The molecule has 0 saturated heterocycles. The Kier molecular flexibility index (Phi) is 3.08. The van der Waals surface area contributed by atoms with E-state index in [1.807, 2.05) is 0 Å². The van der Waals surface area contributed by atoms with Crippen LogP contribution in [0.5, 0.6) is 0 Å². The van der Waals surface area contributed by atoms with Crippen molar-refractivity contribution in [2.75, 3.05) is 0 Å². The minimum atomic E-state index is -0.271. The van der Waals surface area contributed by atoms with Crippen LogP contribution in [0, 0.1) is 5.82 Å². The van der Waals surface area contributed by atoms with Gasteiger partial charge in [-0.1, -0.05) is 23.7 Å². The van der Waals surface area contributed by atoms with E-state index >= 15 is 0 Å². The van der Waals surface area contributed by atoms with E-state index in [0.717, 1.165) is 5.56 Å². The molecule has 0 atom stereocenters. The summed E-state index contributed by atoms with van der Waals surface area (Å²) in [5.41, 5.74) is 1.97. The Morgan fingerprint density at radius 2 is 1.84 bits per heavy atom. The number of aromatic nitrogens is 4. The molecule has 2 heterocycles. The first-order chi connectivity index (χ1) is 9.13. The number of benzene rings is 1. The maximum absolute atomic E-state index is 12.8. The molecule has 0 saturated carbocycles. The molecule has 0 aliphatic rings. The lowest BCUT2D eigenvalue weighted by atomic mass is 10.2. The lowest BCUT2D eigenvalue weighted by Gasteiger charge is -2.04. The van der Waals surface area contributed by atoms with Crippen LogP contribution < -0.4 is 0 Å². The van der Waals surface area contributed by atoms with E-state index in [9.17, 15) is 4.39 Å². The molecule has 4 nitrogen and oxygen atoms in total. The van der Waals surface area contributed by atoms with E-state index in [0.29, 0.717) is 17.7 Å². The van der Waals surface area contributed by atoms with Crippen LogP contribution in [0.3, 0.4) is 0 Å². The Hall–Kier alpha value is -1.72. The summed E-state index contributed by atoms with van der Waals surface area (Å²) in [6, 6.07) is 6.21. The highest BCUT2D eigenvalue weighted by atomic mass is 35.5. The minimum Gasteiger partial charge on any atom is -0.311 e. The fourth-order valence-electron chi connectivity index (χ4n) is 1.79. The topological polar surface area (TPSA) is 43.6 Å². The third-order valence-corrected chi connectivity index (χ3v) is 3.09. The van der Waals surface area contributed by atoms with Crippen LogP contribution in [0.25, 0.3) is 11.2 Å². The fraction of sp³-hybridized carbons (Fsp3) is 0.0833. The highest BCUT2D eigenvalue weighted by molar-refractivity contribution is 6.35. The standard InChI is InChI=1S/C12H7Cl2FN4/c13-10-9-11(18-12(14)17-10)19(6-16-9)5-7-1-3-8(15)4-2-7/h1-4,6H,5H2. The van der Waals surface area contributed by atoms with E-state index in [4.69, 9.17) is 23.2 Å². The molecule has 0 amide bonds. The Bertz CT molecular complexity index is 739. The number of hydrogen-bond donors (Lipinski definition) is 0. The summed E-state index contributed by atoms with van der Waals surface area (Å²) in [5, 5.41) is 0.284. The van der Waals surface area contributed by atoms with Gasteiger partial charge in [-0.25, -0.2) is 14.4 Å².